The molecule has 0 bridgehead atoms. The molecule has 0 aliphatic heterocycles. The van der Waals surface area contributed by atoms with Gasteiger partial charge in [0.25, 0.3) is 10.0 Å². The molecular formula is C22H25N2O6S-. The fraction of sp³-hybridized carbons (Fsp3) is 0.364. The van der Waals surface area contributed by atoms with Crippen LogP contribution >= 0.6 is 0 Å². The molecule has 1 fully saturated rings. The Morgan fingerprint density at radius 1 is 0.968 bits per heavy atom. The van der Waals surface area contributed by atoms with Crippen molar-refractivity contribution in [1.82, 2.24) is 0 Å². The molecule has 31 heavy (non-hydrogen) atoms. The molecule has 2 aromatic rings. The number of aliphatic carboxylic acids is 1. The highest BCUT2D eigenvalue weighted by Crippen LogP contribution is 2.31. The maximum atomic E-state index is 12.6. The summed E-state index contributed by atoms with van der Waals surface area (Å²) in [5.74, 6) is -2.40. The van der Waals surface area contributed by atoms with E-state index in [-0.39, 0.29) is 4.90 Å². The fourth-order valence-electron chi connectivity index (χ4n) is 3.68. The first-order valence-corrected chi connectivity index (χ1v) is 11.7. The average Bonchev–Trinajstić information content (AvgIpc) is 2.75. The van der Waals surface area contributed by atoms with Crippen LogP contribution in [-0.2, 0) is 19.6 Å². The zero-order valence-electron chi connectivity index (χ0n) is 17.2. The van der Waals surface area contributed by atoms with Crippen molar-refractivity contribution in [3.8, 4) is 5.75 Å². The first kappa shape index (κ1) is 22.6. The number of sulfonamides is 1. The third kappa shape index (κ3) is 5.75. The van der Waals surface area contributed by atoms with Crippen LogP contribution in [0.25, 0.3) is 0 Å². The predicted molar refractivity (Wildman–Crippen MR) is 114 cm³/mol. The zero-order chi connectivity index (χ0) is 22.4. The van der Waals surface area contributed by atoms with E-state index in [1.807, 2.05) is 6.92 Å². The Labute approximate surface area is 181 Å². The van der Waals surface area contributed by atoms with E-state index in [1.165, 1.54) is 24.3 Å². The van der Waals surface area contributed by atoms with Crippen LogP contribution in [-0.4, -0.2) is 26.9 Å². The van der Waals surface area contributed by atoms with E-state index in [1.54, 1.807) is 24.3 Å². The molecule has 0 aromatic heterocycles. The van der Waals surface area contributed by atoms with Crippen molar-refractivity contribution in [2.24, 2.45) is 11.8 Å². The second-order valence-electron chi connectivity index (χ2n) is 7.39. The van der Waals surface area contributed by atoms with E-state index >= 15 is 0 Å². The number of hydrogen-bond acceptors (Lipinski definition) is 6. The van der Waals surface area contributed by atoms with Crippen LogP contribution in [0.1, 0.15) is 32.6 Å². The molecule has 1 saturated carbocycles. The van der Waals surface area contributed by atoms with E-state index in [4.69, 9.17) is 4.74 Å². The first-order valence-electron chi connectivity index (χ1n) is 10.2. The number of carbonyl (C=O) groups is 2. The van der Waals surface area contributed by atoms with Gasteiger partial charge in [-0.15, -0.1) is 0 Å². The van der Waals surface area contributed by atoms with Crippen LogP contribution < -0.4 is 19.9 Å². The Kier molecular flexibility index (Phi) is 7.17. The molecule has 0 heterocycles. The minimum Gasteiger partial charge on any atom is -0.550 e. The molecule has 2 aromatic carbocycles. The fourth-order valence-corrected chi connectivity index (χ4v) is 4.74. The summed E-state index contributed by atoms with van der Waals surface area (Å²) in [5, 5.41) is 14.0. The van der Waals surface area contributed by atoms with E-state index in [9.17, 15) is 23.1 Å². The number of hydrogen-bond donors (Lipinski definition) is 2. The molecule has 0 radical (unpaired) electrons. The Morgan fingerprint density at radius 2 is 1.55 bits per heavy atom. The van der Waals surface area contributed by atoms with Gasteiger partial charge in [-0.2, -0.15) is 0 Å². The van der Waals surface area contributed by atoms with Crippen molar-refractivity contribution in [3.05, 3.63) is 48.5 Å². The van der Waals surface area contributed by atoms with Gasteiger partial charge >= 0.3 is 0 Å². The van der Waals surface area contributed by atoms with Gasteiger partial charge in [-0.1, -0.05) is 12.8 Å². The molecule has 8 nitrogen and oxygen atoms in total. The zero-order valence-corrected chi connectivity index (χ0v) is 18.0. The number of benzene rings is 2. The van der Waals surface area contributed by atoms with E-state index in [2.05, 4.69) is 10.0 Å². The normalized spacial score (nSPS) is 18.7. The molecule has 1 amide bonds. The van der Waals surface area contributed by atoms with Crippen LogP contribution in [0.15, 0.2) is 53.4 Å². The van der Waals surface area contributed by atoms with Crippen molar-refractivity contribution in [3.63, 3.8) is 0 Å². The van der Waals surface area contributed by atoms with E-state index < -0.39 is 33.7 Å². The molecule has 0 saturated heterocycles. The van der Waals surface area contributed by atoms with E-state index in [0.717, 1.165) is 12.8 Å². The van der Waals surface area contributed by atoms with Gasteiger partial charge in [0.15, 0.2) is 0 Å². The summed E-state index contributed by atoms with van der Waals surface area (Å²) in [7, 11) is -3.81. The lowest BCUT2D eigenvalue weighted by molar-refractivity contribution is -0.313. The van der Waals surface area contributed by atoms with Crippen molar-refractivity contribution >= 4 is 33.3 Å². The van der Waals surface area contributed by atoms with Crippen LogP contribution in [0.2, 0.25) is 0 Å². The van der Waals surface area contributed by atoms with Gasteiger partial charge < -0.3 is 20.0 Å². The third-order valence-corrected chi connectivity index (χ3v) is 6.65. The second-order valence-corrected chi connectivity index (χ2v) is 9.08. The topological polar surface area (TPSA) is 125 Å². The number of ether oxygens (including phenoxy) is 1. The summed E-state index contributed by atoms with van der Waals surface area (Å²) >= 11 is 0. The first-order chi connectivity index (χ1) is 14.8. The average molecular weight is 446 g/mol. The number of anilines is 2. The Bertz CT molecular complexity index is 1020. The molecule has 166 valence electrons. The van der Waals surface area contributed by atoms with Crippen molar-refractivity contribution in [2.45, 2.75) is 37.5 Å². The van der Waals surface area contributed by atoms with Crippen molar-refractivity contribution in [1.29, 1.82) is 0 Å². The molecular weight excluding hydrogens is 420 g/mol. The summed E-state index contributed by atoms with van der Waals surface area (Å²) in [4.78, 5) is 23.9. The summed E-state index contributed by atoms with van der Waals surface area (Å²) in [6.45, 7) is 2.38. The minimum absolute atomic E-state index is 0.0321. The van der Waals surface area contributed by atoms with Crippen LogP contribution in [0.3, 0.4) is 0 Å². The van der Waals surface area contributed by atoms with Gasteiger partial charge in [0.2, 0.25) is 5.91 Å². The third-order valence-electron chi connectivity index (χ3n) is 5.26. The maximum absolute atomic E-state index is 12.6. The summed E-state index contributed by atoms with van der Waals surface area (Å²) in [6.07, 6.45) is 2.46. The molecule has 3 rings (SSSR count). The number of carbonyl (C=O) groups excluding carboxylic acids is 2. The van der Waals surface area contributed by atoms with Gasteiger partial charge in [-0.3, -0.25) is 9.52 Å². The predicted octanol–water partition coefficient (Wildman–Crippen LogP) is 2.38. The summed E-state index contributed by atoms with van der Waals surface area (Å²) in [6, 6.07) is 12.3. The highest BCUT2D eigenvalue weighted by molar-refractivity contribution is 7.92. The highest BCUT2D eigenvalue weighted by atomic mass is 32.2. The number of carboxylic acids is 1. The van der Waals surface area contributed by atoms with Crippen LogP contribution in [0.5, 0.6) is 5.75 Å². The molecule has 2 atom stereocenters. The highest BCUT2D eigenvalue weighted by Gasteiger charge is 2.31. The molecule has 1 aliphatic carbocycles. The Hall–Kier alpha value is -3.07. The lowest BCUT2D eigenvalue weighted by Crippen LogP contribution is -2.42. The largest absolute Gasteiger partial charge is 0.550 e. The Morgan fingerprint density at radius 3 is 2.13 bits per heavy atom. The number of carboxylic acid groups (broad SMARTS) is 1. The lowest BCUT2D eigenvalue weighted by Gasteiger charge is -2.31. The summed E-state index contributed by atoms with van der Waals surface area (Å²) in [5.41, 5.74) is 0.791. The number of nitrogens with one attached hydrogen (secondary N) is 2. The maximum Gasteiger partial charge on any atom is 0.261 e. The van der Waals surface area contributed by atoms with Gasteiger partial charge in [-0.25, -0.2) is 8.42 Å². The number of amides is 1. The van der Waals surface area contributed by atoms with Crippen LogP contribution in [0, 0.1) is 11.8 Å². The van der Waals surface area contributed by atoms with Crippen molar-refractivity contribution in [2.75, 3.05) is 16.6 Å². The van der Waals surface area contributed by atoms with Gasteiger partial charge in [0, 0.05) is 29.2 Å². The Balaban J connectivity index is 1.66. The monoisotopic (exact) mass is 445 g/mol. The van der Waals surface area contributed by atoms with Crippen molar-refractivity contribution < 1.29 is 27.9 Å². The number of rotatable bonds is 8. The SMILES string of the molecule is CCOc1ccc(NS(=O)(=O)c2ccc(NC(=O)[C@@H]3CCCC[C@H]3C(=O)[O-])cc2)cc1. The molecule has 0 spiro atoms. The van der Waals surface area contributed by atoms with Gasteiger partial charge in [-0.05, 0) is 68.3 Å². The quantitative estimate of drug-likeness (QED) is 0.643. The second kappa shape index (κ2) is 9.82. The van der Waals surface area contributed by atoms with Gasteiger partial charge in [0.05, 0.1) is 11.5 Å². The smallest absolute Gasteiger partial charge is 0.261 e. The van der Waals surface area contributed by atoms with Gasteiger partial charge in [0.1, 0.15) is 5.75 Å². The molecule has 9 heteroatoms. The standard InChI is InChI=1S/C22H26N2O6S/c1-2-30-17-11-7-16(8-12-17)24-31(28,29)18-13-9-15(10-14-18)23-21(25)19-5-3-4-6-20(19)22(26)27/h7-14,19-20,24H,2-6H2,1H3,(H,23,25)(H,26,27)/p-1/t19-,20-/m1/s1. The van der Waals surface area contributed by atoms with Crippen LogP contribution in [0.4, 0.5) is 11.4 Å². The molecule has 0 unspecified atom stereocenters. The minimum atomic E-state index is -3.81. The lowest BCUT2D eigenvalue weighted by atomic mass is 9.78. The summed E-state index contributed by atoms with van der Waals surface area (Å²) < 4.78 is 33.0. The van der Waals surface area contributed by atoms with E-state index in [0.29, 0.717) is 36.6 Å². The molecule has 2 N–H and O–H groups in total. The molecule has 1 aliphatic rings.